The van der Waals surface area contributed by atoms with E-state index in [0.29, 0.717) is 18.2 Å². The van der Waals surface area contributed by atoms with E-state index in [9.17, 15) is 4.39 Å². The molecule has 1 atom stereocenters. The molecule has 1 saturated heterocycles. The number of aromatic nitrogens is 2. The van der Waals surface area contributed by atoms with E-state index < -0.39 is 0 Å². The summed E-state index contributed by atoms with van der Waals surface area (Å²) >= 11 is 0. The molecule has 0 bridgehead atoms. The lowest BCUT2D eigenvalue weighted by atomic mass is 10.0. The van der Waals surface area contributed by atoms with Crippen LogP contribution < -0.4 is 5.32 Å². The summed E-state index contributed by atoms with van der Waals surface area (Å²) in [6.07, 6.45) is 7.43. The maximum absolute atomic E-state index is 14.3. The second-order valence-electron chi connectivity index (χ2n) is 6.35. The highest BCUT2D eigenvalue weighted by atomic mass is 19.1. The van der Waals surface area contributed by atoms with Gasteiger partial charge in [-0.25, -0.2) is 9.37 Å². The van der Waals surface area contributed by atoms with Crippen LogP contribution in [0, 0.1) is 11.7 Å². The molecule has 1 aromatic carbocycles. The van der Waals surface area contributed by atoms with Crippen molar-refractivity contribution in [3.8, 4) is 5.69 Å². The summed E-state index contributed by atoms with van der Waals surface area (Å²) in [5.74, 6) is 1.32. The van der Waals surface area contributed by atoms with Crippen LogP contribution in [0.4, 0.5) is 4.39 Å². The van der Waals surface area contributed by atoms with Crippen molar-refractivity contribution < 1.29 is 4.39 Å². The first-order valence-corrected chi connectivity index (χ1v) is 8.39. The fourth-order valence-electron chi connectivity index (χ4n) is 3.17. The number of guanidine groups is 1. The van der Waals surface area contributed by atoms with E-state index >= 15 is 0 Å². The van der Waals surface area contributed by atoms with Crippen molar-refractivity contribution in [1.82, 2.24) is 19.8 Å². The zero-order valence-corrected chi connectivity index (χ0v) is 14.2. The minimum absolute atomic E-state index is 0.256. The van der Waals surface area contributed by atoms with Crippen LogP contribution in [-0.2, 0) is 6.54 Å². The number of aliphatic imine (C=N–C) groups is 1. The molecule has 128 valence electrons. The molecule has 2 heterocycles. The average Bonchev–Trinajstić information content (AvgIpc) is 3.10. The number of nitrogens with one attached hydrogen (secondary N) is 1. The molecule has 1 N–H and O–H groups in total. The maximum atomic E-state index is 14.3. The normalized spacial score (nSPS) is 18.7. The molecule has 1 aromatic heterocycles. The molecule has 1 unspecified atom stereocenters. The van der Waals surface area contributed by atoms with E-state index in [1.54, 1.807) is 42.5 Å². The van der Waals surface area contributed by atoms with Crippen LogP contribution in [0.3, 0.4) is 0 Å². The fraction of sp³-hybridized carbons (Fsp3) is 0.444. The van der Waals surface area contributed by atoms with Gasteiger partial charge in [-0.2, -0.15) is 0 Å². The zero-order chi connectivity index (χ0) is 16.9. The number of piperidine rings is 1. The quantitative estimate of drug-likeness (QED) is 0.696. The van der Waals surface area contributed by atoms with Gasteiger partial charge in [-0.05, 0) is 36.5 Å². The van der Waals surface area contributed by atoms with Crippen LogP contribution >= 0.6 is 0 Å². The number of hydrogen-bond donors (Lipinski definition) is 1. The van der Waals surface area contributed by atoms with Gasteiger partial charge in [0.2, 0.25) is 0 Å². The Kier molecular flexibility index (Phi) is 5.13. The van der Waals surface area contributed by atoms with Crippen LogP contribution in [0.25, 0.3) is 5.69 Å². The molecule has 0 amide bonds. The van der Waals surface area contributed by atoms with E-state index in [1.165, 1.54) is 12.8 Å². The average molecular weight is 329 g/mol. The third kappa shape index (κ3) is 3.75. The Morgan fingerprint density at radius 2 is 2.33 bits per heavy atom. The maximum Gasteiger partial charge on any atom is 0.193 e. The second kappa shape index (κ2) is 7.47. The predicted octanol–water partition coefficient (Wildman–Crippen LogP) is 2.82. The van der Waals surface area contributed by atoms with E-state index in [-0.39, 0.29) is 5.82 Å². The molecule has 0 aliphatic carbocycles. The number of benzene rings is 1. The molecule has 1 aliphatic heterocycles. The zero-order valence-electron chi connectivity index (χ0n) is 14.2. The van der Waals surface area contributed by atoms with E-state index in [4.69, 9.17) is 0 Å². The lowest BCUT2D eigenvalue weighted by molar-refractivity contribution is 0.266. The van der Waals surface area contributed by atoms with Crippen LogP contribution in [0.2, 0.25) is 0 Å². The minimum Gasteiger partial charge on any atom is -0.352 e. The third-order valence-electron chi connectivity index (χ3n) is 4.41. The highest BCUT2D eigenvalue weighted by Crippen LogP contribution is 2.17. The van der Waals surface area contributed by atoms with Gasteiger partial charge in [0.05, 0.1) is 12.0 Å². The molecule has 24 heavy (non-hydrogen) atoms. The largest absolute Gasteiger partial charge is 0.352 e. The lowest BCUT2D eigenvalue weighted by Crippen LogP contribution is -2.45. The van der Waals surface area contributed by atoms with Gasteiger partial charge in [0.25, 0.3) is 0 Å². The van der Waals surface area contributed by atoms with Gasteiger partial charge in [0.15, 0.2) is 5.96 Å². The van der Waals surface area contributed by atoms with E-state index in [1.807, 2.05) is 6.07 Å². The van der Waals surface area contributed by atoms with Gasteiger partial charge in [-0.15, -0.1) is 0 Å². The number of hydrogen-bond acceptors (Lipinski definition) is 2. The first-order chi connectivity index (χ1) is 11.7. The predicted molar refractivity (Wildman–Crippen MR) is 93.7 cm³/mol. The second-order valence-corrected chi connectivity index (χ2v) is 6.35. The number of halogens is 1. The Morgan fingerprint density at radius 1 is 1.46 bits per heavy atom. The number of nitrogens with zero attached hydrogens (tertiary/aromatic N) is 4. The van der Waals surface area contributed by atoms with Crippen molar-refractivity contribution in [2.45, 2.75) is 26.3 Å². The molecule has 1 aliphatic rings. The Bertz CT molecular complexity index is 695. The van der Waals surface area contributed by atoms with Gasteiger partial charge >= 0.3 is 0 Å². The van der Waals surface area contributed by atoms with E-state index in [0.717, 1.165) is 24.6 Å². The first-order valence-electron chi connectivity index (χ1n) is 8.39. The third-order valence-corrected chi connectivity index (χ3v) is 4.41. The summed E-state index contributed by atoms with van der Waals surface area (Å²) < 4.78 is 16.0. The van der Waals surface area contributed by atoms with Gasteiger partial charge in [0, 0.05) is 39.1 Å². The molecular formula is C18H24FN5. The minimum atomic E-state index is -0.256. The van der Waals surface area contributed by atoms with Crippen molar-refractivity contribution in [3.63, 3.8) is 0 Å². The fourth-order valence-corrected chi connectivity index (χ4v) is 3.17. The molecule has 0 radical (unpaired) electrons. The summed E-state index contributed by atoms with van der Waals surface area (Å²) in [4.78, 5) is 10.6. The smallest absolute Gasteiger partial charge is 0.193 e. The summed E-state index contributed by atoms with van der Waals surface area (Å²) in [7, 11) is 1.80. The molecule has 3 rings (SSSR count). The van der Waals surface area contributed by atoms with Crippen molar-refractivity contribution in [2.24, 2.45) is 10.9 Å². The van der Waals surface area contributed by atoms with Gasteiger partial charge in [0.1, 0.15) is 5.82 Å². The van der Waals surface area contributed by atoms with Crippen molar-refractivity contribution in [1.29, 1.82) is 0 Å². The summed E-state index contributed by atoms with van der Waals surface area (Å²) in [6, 6.07) is 5.27. The first kappa shape index (κ1) is 16.5. The molecule has 2 aromatic rings. The Morgan fingerprint density at radius 3 is 3.00 bits per heavy atom. The Hall–Kier alpha value is -2.37. The van der Waals surface area contributed by atoms with Gasteiger partial charge in [-0.3, -0.25) is 4.99 Å². The molecule has 5 nitrogen and oxygen atoms in total. The van der Waals surface area contributed by atoms with Crippen LogP contribution in [0.5, 0.6) is 0 Å². The Balaban J connectivity index is 1.64. The van der Waals surface area contributed by atoms with Crippen LogP contribution in [-0.4, -0.2) is 40.5 Å². The van der Waals surface area contributed by atoms with Crippen LogP contribution in [0.1, 0.15) is 25.3 Å². The number of likely N-dealkylation sites (tertiary alicyclic amines) is 1. The topological polar surface area (TPSA) is 45.5 Å². The summed E-state index contributed by atoms with van der Waals surface area (Å²) in [5.41, 5.74) is 1.40. The van der Waals surface area contributed by atoms with Gasteiger partial charge in [-0.1, -0.05) is 13.0 Å². The molecular weight excluding hydrogens is 305 g/mol. The standard InChI is InChI=1S/C18H24FN5/c1-14-4-3-8-23(12-14)18(20-2)22-11-15-5-6-17(16(19)10-15)24-9-7-21-13-24/h5-7,9-10,13-14H,3-4,8,11-12H2,1-2H3,(H,20,22). The monoisotopic (exact) mass is 329 g/mol. The lowest BCUT2D eigenvalue weighted by Gasteiger charge is -2.33. The molecule has 6 heteroatoms. The summed E-state index contributed by atoms with van der Waals surface area (Å²) in [6.45, 7) is 4.87. The van der Waals surface area contributed by atoms with Crippen molar-refractivity contribution in [3.05, 3.63) is 48.3 Å². The molecule has 1 fully saturated rings. The highest BCUT2D eigenvalue weighted by molar-refractivity contribution is 5.80. The SMILES string of the molecule is CN=C(NCc1ccc(-n2ccnc2)c(F)c1)N1CCCC(C)C1. The number of rotatable bonds is 3. The Labute approximate surface area is 142 Å². The van der Waals surface area contributed by atoms with Gasteiger partial charge < -0.3 is 14.8 Å². The molecule has 0 spiro atoms. The van der Waals surface area contributed by atoms with Crippen molar-refractivity contribution >= 4 is 5.96 Å². The molecule has 0 saturated carbocycles. The van der Waals surface area contributed by atoms with Crippen molar-refractivity contribution in [2.75, 3.05) is 20.1 Å². The summed E-state index contributed by atoms with van der Waals surface area (Å²) in [5, 5.41) is 3.35. The highest BCUT2D eigenvalue weighted by Gasteiger charge is 2.19. The number of imidazole rings is 1. The van der Waals surface area contributed by atoms with Crippen LogP contribution in [0.15, 0.2) is 41.9 Å². The van der Waals surface area contributed by atoms with E-state index in [2.05, 4.69) is 27.1 Å².